The van der Waals surface area contributed by atoms with Crippen LogP contribution in [0.15, 0.2) is 10.8 Å². The van der Waals surface area contributed by atoms with Gasteiger partial charge in [-0.05, 0) is 12.8 Å². The lowest BCUT2D eigenvalue weighted by Crippen LogP contribution is -2.17. The molecule has 0 bridgehead atoms. The van der Waals surface area contributed by atoms with E-state index in [0.717, 1.165) is 19.4 Å². The van der Waals surface area contributed by atoms with Crippen LogP contribution in [0.1, 0.15) is 35.0 Å². The minimum Gasteiger partial charge on any atom is -0.476 e. The Kier molecular flexibility index (Phi) is 2.49. The molecule has 14 heavy (non-hydrogen) atoms. The van der Waals surface area contributed by atoms with Crippen LogP contribution in [0.3, 0.4) is 0 Å². The molecule has 0 saturated carbocycles. The Morgan fingerprint density at radius 1 is 1.64 bits per heavy atom. The van der Waals surface area contributed by atoms with Crippen LogP contribution in [0.4, 0.5) is 0 Å². The molecule has 5 nitrogen and oxygen atoms in total. The van der Waals surface area contributed by atoms with E-state index in [2.05, 4.69) is 4.98 Å². The zero-order chi connectivity index (χ0) is 9.97. The highest BCUT2D eigenvalue weighted by molar-refractivity contribution is 5.86. The van der Waals surface area contributed by atoms with Crippen LogP contribution in [-0.2, 0) is 4.74 Å². The summed E-state index contributed by atoms with van der Waals surface area (Å²) in [4.78, 5) is 14.4. The van der Waals surface area contributed by atoms with Gasteiger partial charge in [0.15, 0.2) is 12.1 Å². The van der Waals surface area contributed by atoms with Gasteiger partial charge in [-0.25, -0.2) is 9.78 Å². The van der Waals surface area contributed by atoms with E-state index >= 15 is 0 Å². The molecule has 1 atom stereocenters. The Bertz CT molecular complexity index is 327. The third kappa shape index (κ3) is 1.63. The molecule has 1 aliphatic heterocycles. The molecule has 0 radical (unpaired) electrons. The van der Waals surface area contributed by atoms with Crippen molar-refractivity contribution in [1.82, 2.24) is 4.98 Å². The van der Waals surface area contributed by atoms with Gasteiger partial charge < -0.3 is 14.3 Å². The van der Waals surface area contributed by atoms with Crippen molar-refractivity contribution in [2.24, 2.45) is 0 Å². The number of nitrogens with zero attached hydrogens (tertiary/aromatic N) is 1. The fourth-order valence-corrected chi connectivity index (χ4v) is 1.65. The van der Waals surface area contributed by atoms with Crippen LogP contribution in [0.25, 0.3) is 0 Å². The van der Waals surface area contributed by atoms with Gasteiger partial charge in [-0.2, -0.15) is 0 Å². The predicted molar refractivity (Wildman–Crippen MR) is 46.3 cm³/mol. The summed E-state index contributed by atoms with van der Waals surface area (Å²) in [7, 11) is 0. The lowest BCUT2D eigenvalue weighted by atomic mass is 9.98. The van der Waals surface area contributed by atoms with Gasteiger partial charge in [-0.15, -0.1) is 0 Å². The minimum atomic E-state index is -1.04. The smallest absolute Gasteiger partial charge is 0.358 e. The van der Waals surface area contributed by atoms with E-state index in [0.29, 0.717) is 12.4 Å². The van der Waals surface area contributed by atoms with Crippen LogP contribution in [0, 0.1) is 0 Å². The molecular weight excluding hydrogens is 186 g/mol. The maximum absolute atomic E-state index is 10.8. The molecule has 1 N–H and O–H groups in total. The number of aromatic nitrogens is 1. The van der Waals surface area contributed by atoms with Gasteiger partial charge in [0, 0.05) is 12.5 Å². The first-order valence-corrected chi connectivity index (χ1v) is 4.53. The van der Waals surface area contributed by atoms with Crippen molar-refractivity contribution in [3.8, 4) is 0 Å². The second-order valence-corrected chi connectivity index (χ2v) is 3.28. The molecule has 1 aromatic rings. The highest BCUT2D eigenvalue weighted by Crippen LogP contribution is 2.27. The van der Waals surface area contributed by atoms with Crippen LogP contribution >= 0.6 is 0 Å². The first-order chi connectivity index (χ1) is 6.79. The van der Waals surface area contributed by atoms with Crippen molar-refractivity contribution in [3.63, 3.8) is 0 Å². The number of ether oxygens (including phenoxy) is 1. The summed E-state index contributed by atoms with van der Waals surface area (Å²) in [5.74, 6) is -0.561. The van der Waals surface area contributed by atoms with Gasteiger partial charge in [0.1, 0.15) is 5.76 Å². The highest BCUT2D eigenvalue weighted by Gasteiger charge is 2.25. The Morgan fingerprint density at radius 2 is 2.50 bits per heavy atom. The molecule has 2 rings (SSSR count). The molecule has 1 aliphatic rings. The van der Waals surface area contributed by atoms with E-state index in [-0.39, 0.29) is 11.6 Å². The molecule has 0 aromatic carbocycles. The quantitative estimate of drug-likeness (QED) is 0.772. The zero-order valence-electron chi connectivity index (χ0n) is 7.60. The number of carboxylic acids is 1. The normalized spacial score (nSPS) is 22.1. The van der Waals surface area contributed by atoms with Gasteiger partial charge in [0.05, 0.1) is 6.61 Å². The Labute approximate surface area is 80.7 Å². The average Bonchev–Trinajstić information content (AvgIpc) is 2.67. The number of hydrogen-bond acceptors (Lipinski definition) is 4. The maximum Gasteiger partial charge on any atom is 0.358 e. The van der Waals surface area contributed by atoms with E-state index < -0.39 is 5.97 Å². The number of carboxylic acid groups (broad SMARTS) is 1. The van der Waals surface area contributed by atoms with Gasteiger partial charge in [-0.3, -0.25) is 0 Å². The van der Waals surface area contributed by atoms with Crippen molar-refractivity contribution in [3.05, 3.63) is 17.8 Å². The monoisotopic (exact) mass is 197 g/mol. The summed E-state index contributed by atoms with van der Waals surface area (Å²) in [5.41, 5.74) is 0.0144. The Balaban J connectivity index is 2.21. The molecule has 1 unspecified atom stereocenters. The molecule has 1 saturated heterocycles. The predicted octanol–water partition coefficient (Wildman–Crippen LogP) is 1.27. The standard InChI is InChI=1S/C9H11NO4/c11-9(12)7-8(14-5-10-7)6-2-1-3-13-4-6/h5-6H,1-4H2,(H,11,12). The summed E-state index contributed by atoms with van der Waals surface area (Å²) < 4.78 is 10.4. The zero-order valence-corrected chi connectivity index (χ0v) is 7.60. The first-order valence-electron chi connectivity index (χ1n) is 4.53. The van der Waals surface area contributed by atoms with Crippen LogP contribution < -0.4 is 0 Å². The fraction of sp³-hybridized carbons (Fsp3) is 0.556. The largest absolute Gasteiger partial charge is 0.476 e. The molecule has 0 spiro atoms. The van der Waals surface area contributed by atoms with Gasteiger partial charge in [-0.1, -0.05) is 0 Å². The molecule has 76 valence electrons. The third-order valence-corrected chi connectivity index (χ3v) is 2.33. The fourth-order valence-electron chi connectivity index (χ4n) is 1.65. The number of rotatable bonds is 2. The van der Waals surface area contributed by atoms with E-state index in [1.54, 1.807) is 0 Å². The SMILES string of the molecule is O=C(O)c1ncoc1C1CCCOC1. The van der Waals surface area contributed by atoms with Gasteiger partial charge in [0.25, 0.3) is 0 Å². The summed E-state index contributed by atoms with van der Waals surface area (Å²) in [5, 5.41) is 8.82. The molecule has 2 heterocycles. The van der Waals surface area contributed by atoms with Crippen molar-refractivity contribution >= 4 is 5.97 Å². The third-order valence-electron chi connectivity index (χ3n) is 2.33. The van der Waals surface area contributed by atoms with E-state index in [9.17, 15) is 4.79 Å². The van der Waals surface area contributed by atoms with Crippen LogP contribution in [-0.4, -0.2) is 29.3 Å². The number of aromatic carboxylic acids is 1. The molecule has 0 amide bonds. The first kappa shape index (κ1) is 9.21. The topological polar surface area (TPSA) is 72.6 Å². The second kappa shape index (κ2) is 3.79. The molecular formula is C9H11NO4. The van der Waals surface area contributed by atoms with Crippen molar-refractivity contribution in [1.29, 1.82) is 0 Å². The average molecular weight is 197 g/mol. The summed E-state index contributed by atoms with van der Waals surface area (Å²) >= 11 is 0. The molecule has 0 aliphatic carbocycles. The van der Waals surface area contributed by atoms with Crippen molar-refractivity contribution in [2.45, 2.75) is 18.8 Å². The van der Waals surface area contributed by atoms with Crippen molar-refractivity contribution in [2.75, 3.05) is 13.2 Å². The van der Waals surface area contributed by atoms with Crippen LogP contribution in [0.2, 0.25) is 0 Å². The summed E-state index contributed by atoms with van der Waals surface area (Å²) in [6, 6.07) is 0. The molecule has 1 aromatic heterocycles. The molecule has 1 fully saturated rings. The van der Waals surface area contributed by atoms with Crippen molar-refractivity contribution < 1.29 is 19.1 Å². The lowest BCUT2D eigenvalue weighted by molar-refractivity contribution is 0.0657. The Morgan fingerprint density at radius 3 is 3.14 bits per heavy atom. The lowest BCUT2D eigenvalue weighted by Gasteiger charge is -2.19. The minimum absolute atomic E-state index is 0.0144. The number of hydrogen-bond donors (Lipinski definition) is 1. The molecule has 5 heteroatoms. The Hall–Kier alpha value is -1.36. The van der Waals surface area contributed by atoms with E-state index in [1.807, 2.05) is 0 Å². The second-order valence-electron chi connectivity index (χ2n) is 3.28. The van der Waals surface area contributed by atoms with E-state index in [1.165, 1.54) is 6.39 Å². The number of carbonyl (C=O) groups is 1. The maximum atomic E-state index is 10.8. The van der Waals surface area contributed by atoms with Crippen LogP contribution in [0.5, 0.6) is 0 Å². The highest BCUT2D eigenvalue weighted by atomic mass is 16.5. The summed E-state index contributed by atoms with van der Waals surface area (Å²) in [6.07, 6.45) is 3.01. The van der Waals surface area contributed by atoms with Gasteiger partial charge in [0.2, 0.25) is 0 Å². The van der Waals surface area contributed by atoms with E-state index in [4.69, 9.17) is 14.3 Å². The number of oxazole rings is 1. The van der Waals surface area contributed by atoms with Gasteiger partial charge >= 0.3 is 5.97 Å². The summed E-state index contributed by atoms with van der Waals surface area (Å²) in [6.45, 7) is 1.27.